The second-order valence-electron chi connectivity index (χ2n) is 6.18. The third kappa shape index (κ3) is 5.38. The van der Waals surface area contributed by atoms with Gasteiger partial charge in [-0.25, -0.2) is 0 Å². The topological polar surface area (TPSA) is 63.3 Å². The molecular formula is C15H29NO2. The van der Waals surface area contributed by atoms with Crippen LogP contribution in [0.5, 0.6) is 0 Å². The minimum atomic E-state index is -0.864. The first-order valence-electron chi connectivity index (χ1n) is 7.51. The van der Waals surface area contributed by atoms with Crippen LogP contribution in [0.4, 0.5) is 0 Å². The van der Waals surface area contributed by atoms with E-state index in [2.05, 4.69) is 13.8 Å². The summed E-state index contributed by atoms with van der Waals surface area (Å²) in [5, 5.41) is 8.87. The van der Waals surface area contributed by atoms with E-state index in [0.717, 1.165) is 18.8 Å². The molecule has 0 spiro atoms. The van der Waals surface area contributed by atoms with E-state index in [0.29, 0.717) is 18.3 Å². The van der Waals surface area contributed by atoms with Gasteiger partial charge in [0.05, 0.1) is 0 Å². The molecule has 0 aliphatic heterocycles. The number of rotatable bonds is 8. The van der Waals surface area contributed by atoms with Crippen LogP contribution in [0.15, 0.2) is 0 Å². The molecule has 106 valence electrons. The van der Waals surface area contributed by atoms with Crippen LogP contribution in [-0.2, 0) is 4.79 Å². The van der Waals surface area contributed by atoms with Gasteiger partial charge in [0.15, 0.2) is 0 Å². The molecule has 0 heterocycles. The Hall–Kier alpha value is -0.570. The molecule has 1 rings (SSSR count). The highest BCUT2D eigenvalue weighted by Crippen LogP contribution is 2.33. The summed E-state index contributed by atoms with van der Waals surface area (Å²) in [4.78, 5) is 10.8. The van der Waals surface area contributed by atoms with Crippen LogP contribution < -0.4 is 5.73 Å². The van der Waals surface area contributed by atoms with E-state index in [-0.39, 0.29) is 0 Å². The lowest BCUT2D eigenvalue weighted by Gasteiger charge is -2.23. The molecule has 1 aliphatic rings. The molecule has 0 radical (unpaired) electrons. The third-order valence-corrected chi connectivity index (χ3v) is 4.43. The summed E-state index contributed by atoms with van der Waals surface area (Å²) in [7, 11) is 0. The van der Waals surface area contributed by atoms with E-state index < -0.39 is 12.0 Å². The standard InChI is InChI=1S/C15H29NO2/c1-3-12(10-14(16)15(17)18)8-11(2)9-13-6-4-5-7-13/h11-14H,3-10,16H2,1-2H3,(H,17,18). The van der Waals surface area contributed by atoms with Gasteiger partial charge in [0.25, 0.3) is 0 Å². The first-order chi connectivity index (χ1) is 8.52. The van der Waals surface area contributed by atoms with Gasteiger partial charge in [-0.05, 0) is 37.0 Å². The average Bonchev–Trinajstić information content (AvgIpc) is 2.80. The molecule has 3 unspecified atom stereocenters. The fraction of sp³-hybridized carbons (Fsp3) is 0.933. The van der Waals surface area contributed by atoms with E-state index in [4.69, 9.17) is 10.8 Å². The minimum Gasteiger partial charge on any atom is -0.480 e. The second-order valence-corrected chi connectivity index (χ2v) is 6.18. The summed E-state index contributed by atoms with van der Waals surface area (Å²) in [6.45, 7) is 4.45. The van der Waals surface area contributed by atoms with Crippen molar-refractivity contribution in [2.24, 2.45) is 23.5 Å². The van der Waals surface area contributed by atoms with Gasteiger partial charge in [-0.1, -0.05) is 46.0 Å². The lowest BCUT2D eigenvalue weighted by Crippen LogP contribution is -2.32. The van der Waals surface area contributed by atoms with Crippen molar-refractivity contribution in [3.05, 3.63) is 0 Å². The lowest BCUT2D eigenvalue weighted by molar-refractivity contribution is -0.139. The Bertz CT molecular complexity index is 249. The maximum Gasteiger partial charge on any atom is 0.320 e. The van der Waals surface area contributed by atoms with E-state index in [9.17, 15) is 4.79 Å². The van der Waals surface area contributed by atoms with Crippen LogP contribution in [0.25, 0.3) is 0 Å². The van der Waals surface area contributed by atoms with E-state index >= 15 is 0 Å². The molecule has 0 aromatic carbocycles. The predicted octanol–water partition coefficient (Wildman–Crippen LogP) is 3.42. The van der Waals surface area contributed by atoms with Crippen LogP contribution in [0.2, 0.25) is 0 Å². The summed E-state index contributed by atoms with van der Waals surface area (Å²) in [6.07, 6.45) is 9.71. The van der Waals surface area contributed by atoms with Gasteiger partial charge >= 0.3 is 5.97 Å². The molecule has 0 bridgehead atoms. The normalized spacial score (nSPS) is 21.7. The Labute approximate surface area is 111 Å². The van der Waals surface area contributed by atoms with Crippen molar-refractivity contribution in [3.8, 4) is 0 Å². The van der Waals surface area contributed by atoms with Crippen molar-refractivity contribution >= 4 is 5.97 Å². The lowest BCUT2D eigenvalue weighted by atomic mass is 9.84. The predicted molar refractivity (Wildman–Crippen MR) is 74.4 cm³/mol. The van der Waals surface area contributed by atoms with Gasteiger partial charge < -0.3 is 10.8 Å². The van der Waals surface area contributed by atoms with Crippen molar-refractivity contribution in [2.45, 2.75) is 71.3 Å². The van der Waals surface area contributed by atoms with Crippen LogP contribution in [0.1, 0.15) is 65.2 Å². The first kappa shape index (κ1) is 15.5. The number of nitrogens with two attached hydrogens (primary N) is 1. The van der Waals surface area contributed by atoms with Crippen LogP contribution in [0.3, 0.4) is 0 Å². The molecule has 1 aliphatic carbocycles. The average molecular weight is 255 g/mol. The Kier molecular flexibility index (Phi) is 6.69. The zero-order chi connectivity index (χ0) is 13.5. The molecule has 0 aromatic heterocycles. The molecule has 3 atom stereocenters. The van der Waals surface area contributed by atoms with Crippen LogP contribution >= 0.6 is 0 Å². The summed E-state index contributed by atoms with van der Waals surface area (Å²) in [5.41, 5.74) is 5.63. The highest BCUT2D eigenvalue weighted by molar-refractivity contribution is 5.73. The van der Waals surface area contributed by atoms with Crippen molar-refractivity contribution in [3.63, 3.8) is 0 Å². The molecule has 1 fully saturated rings. The Morgan fingerprint density at radius 2 is 1.94 bits per heavy atom. The van der Waals surface area contributed by atoms with Crippen molar-refractivity contribution < 1.29 is 9.90 Å². The molecule has 0 aromatic rings. The Morgan fingerprint density at radius 1 is 1.33 bits per heavy atom. The number of carbonyl (C=O) groups is 1. The van der Waals surface area contributed by atoms with E-state index in [1.165, 1.54) is 32.1 Å². The summed E-state index contributed by atoms with van der Waals surface area (Å²) in [6, 6.07) is -0.686. The van der Waals surface area contributed by atoms with Gasteiger partial charge in [-0.3, -0.25) is 4.79 Å². The fourth-order valence-corrected chi connectivity index (χ4v) is 3.37. The van der Waals surface area contributed by atoms with Gasteiger partial charge in [0.2, 0.25) is 0 Å². The summed E-state index contributed by atoms with van der Waals surface area (Å²) in [5.74, 6) is 1.23. The molecular weight excluding hydrogens is 226 g/mol. The number of hydrogen-bond donors (Lipinski definition) is 2. The largest absolute Gasteiger partial charge is 0.480 e. The molecule has 1 saturated carbocycles. The zero-order valence-electron chi connectivity index (χ0n) is 11.9. The zero-order valence-corrected chi connectivity index (χ0v) is 11.9. The maximum atomic E-state index is 10.8. The van der Waals surface area contributed by atoms with Crippen molar-refractivity contribution in [2.75, 3.05) is 0 Å². The van der Waals surface area contributed by atoms with Crippen molar-refractivity contribution in [1.29, 1.82) is 0 Å². The SMILES string of the molecule is CCC(CC(C)CC1CCCC1)CC(N)C(=O)O. The summed E-state index contributed by atoms with van der Waals surface area (Å²) >= 11 is 0. The fourth-order valence-electron chi connectivity index (χ4n) is 3.37. The number of aliphatic carboxylic acids is 1. The minimum absolute atomic E-state index is 0.465. The van der Waals surface area contributed by atoms with Crippen LogP contribution in [-0.4, -0.2) is 17.1 Å². The van der Waals surface area contributed by atoms with E-state index in [1.54, 1.807) is 0 Å². The molecule has 0 amide bonds. The van der Waals surface area contributed by atoms with Gasteiger partial charge in [-0.15, -0.1) is 0 Å². The highest BCUT2D eigenvalue weighted by atomic mass is 16.4. The monoisotopic (exact) mass is 255 g/mol. The van der Waals surface area contributed by atoms with Crippen molar-refractivity contribution in [1.82, 2.24) is 0 Å². The number of carboxylic acids is 1. The number of hydrogen-bond acceptors (Lipinski definition) is 2. The molecule has 18 heavy (non-hydrogen) atoms. The number of carboxylic acid groups (broad SMARTS) is 1. The van der Waals surface area contributed by atoms with Crippen LogP contribution in [0, 0.1) is 17.8 Å². The van der Waals surface area contributed by atoms with Gasteiger partial charge in [0, 0.05) is 0 Å². The molecule has 0 saturated heterocycles. The Balaban J connectivity index is 2.29. The highest BCUT2D eigenvalue weighted by Gasteiger charge is 2.22. The molecule has 3 N–H and O–H groups in total. The molecule has 3 nitrogen and oxygen atoms in total. The Morgan fingerprint density at radius 3 is 2.44 bits per heavy atom. The third-order valence-electron chi connectivity index (χ3n) is 4.43. The smallest absolute Gasteiger partial charge is 0.320 e. The first-order valence-corrected chi connectivity index (χ1v) is 7.51. The maximum absolute atomic E-state index is 10.8. The molecule has 3 heteroatoms. The quantitative estimate of drug-likeness (QED) is 0.698. The summed E-state index contributed by atoms with van der Waals surface area (Å²) < 4.78 is 0. The second kappa shape index (κ2) is 7.78. The van der Waals surface area contributed by atoms with Gasteiger partial charge in [-0.2, -0.15) is 0 Å². The van der Waals surface area contributed by atoms with E-state index in [1.807, 2.05) is 0 Å². The van der Waals surface area contributed by atoms with Gasteiger partial charge in [0.1, 0.15) is 6.04 Å².